The second-order valence-corrected chi connectivity index (χ2v) is 14.9. The Kier molecular flexibility index (Phi) is 9.36. The molecule has 4 aliphatic carbocycles. The smallest absolute Gasteiger partial charge is 0.132 e. The summed E-state index contributed by atoms with van der Waals surface area (Å²) in [7, 11) is 0. The van der Waals surface area contributed by atoms with Crippen molar-refractivity contribution in [2.45, 2.75) is 83.6 Å². The minimum atomic E-state index is 0.298. The molecule has 0 radical (unpaired) electrons. The van der Waals surface area contributed by atoms with Crippen molar-refractivity contribution in [3.63, 3.8) is 0 Å². The maximum atomic E-state index is 4.89. The standard InChI is InChI=1S/C49H48N4/c1-35-22-31-44-45(34-35)49(37-25-29-41(30-26-37)53(39-16-6-3-7-17-39)47-21-11-13-33-51-47)43-19-9-8-18-42(43)48(44)36-23-27-40(28-24-36)52(38-14-4-2-5-15-38)46-20-10-12-32-50-46/h2-7,14-16,18-23,25,27,29,31-34,39H,8-13,17,24,26,28,30H2,1H3. The predicted octanol–water partition coefficient (Wildman–Crippen LogP) is 10.7. The molecule has 0 amide bonds. The van der Waals surface area contributed by atoms with Gasteiger partial charge in [0.25, 0.3) is 0 Å². The monoisotopic (exact) mass is 692 g/mol. The molecule has 4 heteroatoms. The van der Waals surface area contributed by atoms with Gasteiger partial charge in [-0.3, -0.25) is 4.90 Å². The van der Waals surface area contributed by atoms with Crippen LogP contribution >= 0.6 is 0 Å². The second kappa shape index (κ2) is 14.9. The Balaban J connectivity index is 1.14. The van der Waals surface area contributed by atoms with E-state index in [0.29, 0.717) is 6.04 Å². The van der Waals surface area contributed by atoms with Crippen molar-refractivity contribution < 1.29 is 0 Å². The Morgan fingerprint density at radius 1 is 0.604 bits per heavy atom. The molecule has 2 heterocycles. The van der Waals surface area contributed by atoms with Crippen LogP contribution in [0.3, 0.4) is 0 Å². The number of nitrogens with zero attached hydrogens (tertiary/aromatic N) is 4. The normalized spacial score (nSPS) is 20.6. The summed E-state index contributed by atoms with van der Waals surface area (Å²) in [6.07, 6.45) is 43.6. The van der Waals surface area contributed by atoms with Crippen molar-refractivity contribution in [3.8, 4) is 0 Å². The van der Waals surface area contributed by atoms with Crippen LogP contribution in [0.5, 0.6) is 0 Å². The molecule has 4 nitrogen and oxygen atoms in total. The predicted molar refractivity (Wildman–Crippen MR) is 226 cm³/mol. The third-order valence-corrected chi connectivity index (χ3v) is 11.4. The van der Waals surface area contributed by atoms with E-state index in [1.807, 2.05) is 0 Å². The van der Waals surface area contributed by atoms with Crippen LogP contribution in [-0.2, 0) is 0 Å². The van der Waals surface area contributed by atoms with E-state index in [0.717, 1.165) is 82.3 Å². The highest BCUT2D eigenvalue weighted by Crippen LogP contribution is 2.39. The summed E-state index contributed by atoms with van der Waals surface area (Å²) in [6, 6.07) is 18.2. The number of hydrogen-bond acceptors (Lipinski definition) is 4. The molecule has 0 aromatic heterocycles. The molecule has 9 rings (SSSR count). The summed E-state index contributed by atoms with van der Waals surface area (Å²) in [6.45, 7) is 2.24. The van der Waals surface area contributed by atoms with E-state index in [2.05, 4.69) is 151 Å². The molecule has 0 saturated heterocycles. The van der Waals surface area contributed by atoms with E-state index in [-0.39, 0.29) is 0 Å². The first-order chi connectivity index (χ1) is 26.2. The molecule has 3 aromatic rings. The van der Waals surface area contributed by atoms with Gasteiger partial charge in [0.15, 0.2) is 0 Å². The SMILES string of the molecule is Cc1ccc2c(C3=CC=C(N(C4=CCCC=N4)c4ccccc4)CC3)c3c(c(C4=CC=C(N(C5=CCCC=N5)C5C=CC=CC5)CC4)c2c1)=CCCC=3. The Bertz CT molecular complexity index is 2390. The van der Waals surface area contributed by atoms with Crippen molar-refractivity contribution in [1.82, 2.24) is 4.90 Å². The third-order valence-electron chi connectivity index (χ3n) is 11.4. The van der Waals surface area contributed by atoms with Crippen molar-refractivity contribution in [2.24, 2.45) is 9.98 Å². The average molecular weight is 693 g/mol. The maximum Gasteiger partial charge on any atom is 0.132 e. The highest BCUT2D eigenvalue weighted by molar-refractivity contribution is 6.02. The number of rotatable bonds is 8. The maximum absolute atomic E-state index is 4.89. The van der Waals surface area contributed by atoms with Crippen LogP contribution in [-0.4, -0.2) is 23.4 Å². The topological polar surface area (TPSA) is 31.2 Å². The van der Waals surface area contributed by atoms with Gasteiger partial charge in [0.05, 0.1) is 6.04 Å². The van der Waals surface area contributed by atoms with Crippen molar-refractivity contribution in [1.29, 1.82) is 0 Å². The van der Waals surface area contributed by atoms with E-state index in [4.69, 9.17) is 9.98 Å². The van der Waals surface area contributed by atoms with Crippen LogP contribution in [0, 0.1) is 6.92 Å². The fraction of sp³-hybridized carbons (Fsp3) is 0.265. The summed E-state index contributed by atoms with van der Waals surface area (Å²) < 4.78 is 0. The summed E-state index contributed by atoms with van der Waals surface area (Å²) >= 11 is 0. The molecule has 264 valence electrons. The van der Waals surface area contributed by atoms with Gasteiger partial charge < -0.3 is 4.90 Å². The number of hydrogen-bond donors (Lipinski definition) is 0. The Morgan fingerprint density at radius 3 is 1.89 bits per heavy atom. The Labute approximate surface area is 314 Å². The van der Waals surface area contributed by atoms with Gasteiger partial charge in [0, 0.05) is 29.5 Å². The van der Waals surface area contributed by atoms with Gasteiger partial charge in [0.1, 0.15) is 11.6 Å². The Hall–Kier alpha value is -5.48. The number of anilines is 1. The molecule has 1 atom stereocenters. The van der Waals surface area contributed by atoms with E-state index < -0.39 is 0 Å². The van der Waals surface area contributed by atoms with Crippen LogP contribution in [0.4, 0.5) is 5.69 Å². The van der Waals surface area contributed by atoms with Gasteiger partial charge in [-0.05, 0) is 157 Å². The second-order valence-electron chi connectivity index (χ2n) is 14.9. The zero-order valence-corrected chi connectivity index (χ0v) is 30.8. The largest absolute Gasteiger partial charge is 0.323 e. The molecule has 53 heavy (non-hydrogen) atoms. The molecule has 0 fully saturated rings. The molecule has 6 aliphatic rings. The lowest BCUT2D eigenvalue weighted by atomic mass is 9.82. The van der Waals surface area contributed by atoms with Crippen molar-refractivity contribution in [2.75, 3.05) is 4.90 Å². The molecular formula is C49H48N4. The molecule has 0 spiro atoms. The molecule has 1 unspecified atom stereocenters. The van der Waals surface area contributed by atoms with Crippen LogP contribution < -0.4 is 15.3 Å². The van der Waals surface area contributed by atoms with Crippen LogP contribution in [0.25, 0.3) is 34.1 Å². The summed E-state index contributed by atoms with van der Waals surface area (Å²) in [5.41, 5.74) is 10.9. The minimum Gasteiger partial charge on any atom is -0.323 e. The molecule has 0 bridgehead atoms. The number of allylic oxidation sites excluding steroid dienone is 12. The van der Waals surface area contributed by atoms with E-state index in [1.165, 1.54) is 66.1 Å². The molecular weight excluding hydrogens is 645 g/mol. The van der Waals surface area contributed by atoms with Crippen molar-refractivity contribution >= 4 is 52.2 Å². The van der Waals surface area contributed by atoms with Gasteiger partial charge in [-0.2, -0.15) is 0 Å². The molecule has 3 aromatic carbocycles. The van der Waals surface area contributed by atoms with Gasteiger partial charge in [-0.1, -0.05) is 90.6 Å². The van der Waals surface area contributed by atoms with Crippen LogP contribution in [0.15, 0.2) is 142 Å². The lowest BCUT2D eigenvalue weighted by molar-refractivity contribution is 0.344. The summed E-state index contributed by atoms with van der Waals surface area (Å²) in [5, 5.41) is 5.60. The van der Waals surface area contributed by atoms with E-state index in [1.54, 1.807) is 0 Å². The van der Waals surface area contributed by atoms with Gasteiger partial charge in [0.2, 0.25) is 0 Å². The fourth-order valence-electron chi connectivity index (χ4n) is 8.89. The number of para-hydroxylation sites is 1. The lowest BCUT2D eigenvalue weighted by Gasteiger charge is -2.36. The number of aryl methyl sites for hydroxylation is 1. The molecule has 0 N–H and O–H groups in total. The highest BCUT2D eigenvalue weighted by atomic mass is 15.3. The number of aliphatic imine (C=N–C) groups is 2. The zero-order chi connectivity index (χ0) is 35.6. The summed E-state index contributed by atoms with van der Waals surface area (Å²) in [5.74, 6) is 2.13. The zero-order valence-electron chi connectivity index (χ0n) is 30.8. The quantitative estimate of drug-likeness (QED) is 0.235. The minimum absolute atomic E-state index is 0.298. The molecule has 2 aliphatic heterocycles. The first-order valence-electron chi connectivity index (χ1n) is 19.7. The first kappa shape index (κ1) is 33.4. The van der Waals surface area contributed by atoms with Crippen LogP contribution in [0.1, 0.15) is 87.3 Å². The van der Waals surface area contributed by atoms with Gasteiger partial charge in [-0.15, -0.1) is 0 Å². The highest BCUT2D eigenvalue weighted by Gasteiger charge is 2.27. The van der Waals surface area contributed by atoms with Gasteiger partial charge >= 0.3 is 0 Å². The first-order valence-corrected chi connectivity index (χ1v) is 19.7. The van der Waals surface area contributed by atoms with Gasteiger partial charge in [-0.25, -0.2) is 9.98 Å². The number of benzene rings is 3. The summed E-state index contributed by atoms with van der Waals surface area (Å²) in [4.78, 5) is 14.6. The molecule has 0 saturated carbocycles. The average Bonchev–Trinajstić information content (AvgIpc) is 3.22. The van der Waals surface area contributed by atoms with Crippen LogP contribution in [0.2, 0.25) is 0 Å². The fourth-order valence-corrected chi connectivity index (χ4v) is 8.89. The van der Waals surface area contributed by atoms with Crippen molar-refractivity contribution in [3.05, 3.63) is 159 Å². The Morgan fingerprint density at radius 2 is 1.26 bits per heavy atom. The van der Waals surface area contributed by atoms with E-state index in [9.17, 15) is 0 Å². The lowest BCUT2D eigenvalue weighted by Crippen LogP contribution is -2.35. The third kappa shape index (κ3) is 6.56. The number of fused-ring (bicyclic) bond motifs is 2. The van der Waals surface area contributed by atoms with E-state index >= 15 is 0 Å².